The smallest absolute Gasteiger partial charge is 0.274 e. The van der Waals surface area contributed by atoms with E-state index in [2.05, 4.69) is 33.7 Å². The second-order valence-corrected chi connectivity index (χ2v) is 8.51. The molecule has 4 heterocycles. The van der Waals surface area contributed by atoms with Gasteiger partial charge in [-0.3, -0.25) is 9.48 Å². The zero-order valence-electron chi connectivity index (χ0n) is 17.0. The number of amides is 1. The fraction of sp³-hybridized carbons (Fsp3) is 0.700. The zero-order valence-corrected chi connectivity index (χ0v) is 17.0. The minimum absolute atomic E-state index is 0.00297. The molecule has 0 radical (unpaired) electrons. The van der Waals surface area contributed by atoms with E-state index in [1.807, 2.05) is 30.4 Å². The SMILES string of the molecule is CCn1ccc(C(=O)N2CC(c3nncn3CC(C)C)C3(CCOCC3)C2)n1. The molecule has 0 bridgehead atoms. The first kappa shape index (κ1) is 19.1. The lowest BCUT2D eigenvalue weighted by molar-refractivity contribution is 0.0106. The van der Waals surface area contributed by atoms with Gasteiger partial charge in [-0.2, -0.15) is 5.10 Å². The Labute approximate surface area is 165 Å². The minimum Gasteiger partial charge on any atom is -0.381 e. The number of aryl methyl sites for hydroxylation is 1. The minimum atomic E-state index is 0.00297. The summed E-state index contributed by atoms with van der Waals surface area (Å²) >= 11 is 0. The third-order valence-corrected chi connectivity index (χ3v) is 6.13. The van der Waals surface area contributed by atoms with Crippen LogP contribution in [0.3, 0.4) is 0 Å². The summed E-state index contributed by atoms with van der Waals surface area (Å²) in [6.45, 7) is 10.9. The highest BCUT2D eigenvalue weighted by atomic mass is 16.5. The Kier molecular flexibility index (Phi) is 5.23. The van der Waals surface area contributed by atoms with Gasteiger partial charge in [-0.05, 0) is 31.7 Å². The van der Waals surface area contributed by atoms with Gasteiger partial charge in [0.05, 0.1) is 0 Å². The first-order valence-corrected chi connectivity index (χ1v) is 10.3. The molecular weight excluding hydrogens is 356 g/mol. The first-order valence-electron chi connectivity index (χ1n) is 10.3. The second kappa shape index (κ2) is 7.66. The van der Waals surface area contributed by atoms with Crippen LogP contribution >= 0.6 is 0 Å². The Morgan fingerprint density at radius 1 is 1.36 bits per heavy atom. The van der Waals surface area contributed by atoms with Crippen LogP contribution in [0, 0.1) is 11.3 Å². The van der Waals surface area contributed by atoms with E-state index in [9.17, 15) is 4.79 Å². The van der Waals surface area contributed by atoms with Gasteiger partial charge in [0.25, 0.3) is 5.91 Å². The zero-order chi connectivity index (χ0) is 19.7. The Hall–Kier alpha value is -2.22. The van der Waals surface area contributed by atoms with Crippen molar-refractivity contribution >= 4 is 5.91 Å². The van der Waals surface area contributed by atoms with Gasteiger partial charge in [-0.15, -0.1) is 10.2 Å². The molecule has 8 nitrogen and oxygen atoms in total. The van der Waals surface area contributed by atoms with Crippen LogP contribution < -0.4 is 0 Å². The number of ether oxygens (including phenoxy) is 1. The van der Waals surface area contributed by atoms with Crippen LogP contribution in [-0.2, 0) is 17.8 Å². The molecular formula is C20H30N6O2. The number of likely N-dealkylation sites (tertiary alicyclic amines) is 1. The number of carbonyl (C=O) groups is 1. The Morgan fingerprint density at radius 3 is 2.82 bits per heavy atom. The summed E-state index contributed by atoms with van der Waals surface area (Å²) in [5.41, 5.74) is 0.525. The fourth-order valence-corrected chi connectivity index (χ4v) is 4.65. The van der Waals surface area contributed by atoms with Crippen molar-refractivity contribution in [3.63, 3.8) is 0 Å². The van der Waals surface area contributed by atoms with Gasteiger partial charge in [0.1, 0.15) is 17.8 Å². The molecule has 1 amide bonds. The maximum absolute atomic E-state index is 13.2. The molecule has 2 aliphatic rings. The van der Waals surface area contributed by atoms with Crippen LogP contribution in [0.1, 0.15) is 55.8 Å². The highest BCUT2D eigenvalue weighted by Crippen LogP contribution is 2.49. The van der Waals surface area contributed by atoms with Gasteiger partial charge in [-0.1, -0.05) is 13.8 Å². The largest absolute Gasteiger partial charge is 0.381 e. The molecule has 8 heteroatoms. The van der Waals surface area contributed by atoms with E-state index < -0.39 is 0 Å². The average molecular weight is 387 g/mol. The molecule has 2 fully saturated rings. The third-order valence-electron chi connectivity index (χ3n) is 6.13. The van der Waals surface area contributed by atoms with Gasteiger partial charge in [0.2, 0.25) is 0 Å². The van der Waals surface area contributed by atoms with Crippen molar-refractivity contribution in [2.75, 3.05) is 26.3 Å². The standard InChI is InChI=1S/C20H30N6O2/c1-4-26-8-5-17(23-26)19(27)24-12-16(20(13-24)6-9-28-10-7-20)18-22-21-14-25(18)11-15(2)3/h5,8,14-16H,4,6-7,9-13H2,1-3H3. The van der Waals surface area contributed by atoms with Gasteiger partial charge >= 0.3 is 0 Å². The molecule has 0 aliphatic carbocycles. The Bertz CT molecular complexity index is 820. The van der Waals surface area contributed by atoms with Crippen molar-refractivity contribution in [2.45, 2.75) is 52.6 Å². The second-order valence-electron chi connectivity index (χ2n) is 8.51. The third kappa shape index (κ3) is 3.45. The Balaban J connectivity index is 1.63. The predicted molar refractivity (Wildman–Crippen MR) is 104 cm³/mol. The lowest BCUT2D eigenvalue weighted by atomic mass is 9.71. The van der Waals surface area contributed by atoms with E-state index in [1.165, 1.54) is 0 Å². The van der Waals surface area contributed by atoms with E-state index in [1.54, 1.807) is 4.68 Å². The van der Waals surface area contributed by atoms with Crippen LogP contribution in [-0.4, -0.2) is 61.7 Å². The van der Waals surface area contributed by atoms with Gasteiger partial charge in [0, 0.05) is 56.9 Å². The summed E-state index contributed by atoms with van der Waals surface area (Å²) in [6.07, 6.45) is 5.58. The molecule has 28 heavy (non-hydrogen) atoms. The molecule has 1 atom stereocenters. The van der Waals surface area contributed by atoms with Crippen molar-refractivity contribution in [2.24, 2.45) is 11.3 Å². The molecule has 0 saturated carbocycles. The maximum Gasteiger partial charge on any atom is 0.274 e. The number of hydrogen-bond donors (Lipinski definition) is 0. The summed E-state index contributed by atoms with van der Waals surface area (Å²) < 4.78 is 9.62. The van der Waals surface area contributed by atoms with E-state index in [0.717, 1.165) is 51.5 Å². The van der Waals surface area contributed by atoms with Crippen molar-refractivity contribution in [3.05, 3.63) is 30.1 Å². The van der Waals surface area contributed by atoms with Gasteiger partial charge in [-0.25, -0.2) is 0 Å². The van der Waals surface area contributed by atoms with Crippen LogP contribution in [0.2, 0.25) is 0 Å². The Morgan fingerprint density at radius 2 is 2.14 bits per heavy atom. The van der Waals surface area contributed by atoms with E-state index in [0.29, 0.717) is 18.2 Å². The molecule has 2 aromatic heterocycles. The van der Waals surface area contributed by atoms with E-state index in [-0.39, 0.29) is 17.2 Å². The molecule has 0 N–H and O–H groups in total. The number of hydrogen-bond acceptors (Lipinski definition) is 5. The van der Waals surface area contributed by atoms with Crippen LogP contribution in [0.4, 0.5) is 0 Å². The summed E-state index contributed by atoms with van der Waals surface area (Å²) in [6, 6.07) is 1.82. The number of rotatable bonds is 5. The molecule has 2 aliphatic heterocycles. The van der Waals surface area contributed by atoms with Crippen LogP contribution in [0.15, 0.2) is 18.6 Å². The fourth-order valence-electron chi connectivity index (χ4n) is 4.65. The van der Waals surface area contributed by atoms with Crippen molar-refractivity contribution in [1.29, 1.82) is 0 Å². The quantitative estimate of drug-likeness (QED) is 0.787. The highest BCUT2D eigenvalue weighted by Gasteiger charge is 2.51. The number of carbonyl (C=O) groups excluding carboxylic acids is 1. The van der Waals surface area contributed by atoms with Crippen molar-refractivity contribution in [3.8, 4) is 0 Å². The molecule has 0 aromatic carbocycles. The summed E-state index contributed by atoms with van der Waals surface area (Å²) in [5, 5.41) is 13.1. The molecule has 2 aromatic rings. The molecule has 1 unspecified atom stereocenters. The lowest BCUT2D eigenvalue weighted by Gasteiger charge is -2.37. The summed E-state index contributed by atoms with van der Waals surface area (Å²) in [4.78, 5) is 15.1. The first-order chi connectivity index (χ1) is 13.5. The predicted octanol–water partition coefficient (Wildman–Crippen LogP) is 2.19. The van der Waals surface area contributed by atoms with Crippen molar-refractivity contribution < 1.29 is 9.53 Å². The topological polar surface area (TPSA) is 78.1 Å². The highest BCUT2D eigenvalue weighted by molar-refractivity contribution is 5.92. The molecule has 4 rings (SSSR count). The van der Waals surface area contributed by atoms with E-state index >= 15 is 0 Å². The molecule has 152 valence electrons. The van der Waals surface area contributed by atoms with Gasteiger partial charge in [0.15, 0.2) is 0 Å². The van der Waals surface area contributed by atoms with Crippen LogP contribution in [0.5, 0.6) is 0 Å². The van der Waals surface area contributed by atoms with Gasteiger partial charge < -0.3 is 14.2 Å². The number of aromatic nitrogens is 5. The van der Waals surface area contributed by atoms with Crippen molar-refractivity contribution in [1.82, 2.24) is 29.4 Å². The summed E-state index contributed by atoms with van der Waals surface area (Å²) in [5.74, 6) is 1.70. The monoisotopic (exact) mass is 386 g/mol. The molecule has 1 spiro atoms. The summed E-state index contributed by atoms with van der Waals surface area (Å²) in [7, 11) is 0. The average Bonchev–Trinajstić information content (AvgIpc) is 3.40. The lowest BCUT2D eigenvalue weighted by Crippen LogP contribution is -2.38. The van der Waals surface area contributed by atoms with Crippen LogP contribution in [0.25, 0.3) is 0 Å². The normalized spacial score (nSPS) is 21.7. The van der Waals surface area contributed by atoms with E-state index in [4.69, 9.17) is 4.74 Å². The number of nitrogens with zero attached hydrogens (tertiary/aromatic N) is 6. The maximum atomic E-state index is 13.2. The molecule has 2 saturated heterocycles.